The van der Waals surface area contributed by atoms with Crippen LogP contribution in [0.1, 0.15) is 18.9 Å². The molecule has 5 nitrogen and oxygen atoms in total. The van der Waals surface area contributed by atoms with Gasteiger partial charge < -0.3 is 15.0 Å². The Hall–Kier alpha value is -2.24. The molecule has 3 rings (SSSR count). The summed E-state index contributed by atoms with van der Waals surface area (Å²) in [6.07, 6.45) is 1.09. The zero-order chi connectivity index (χ0) is 20.3. The van der Waals surface area contributed by atoms with E-state index in [1.54, 1.807) is 25.3 Å². The Bertz CT molecular complexity index is 888. The minimum Gasteiger partial charge on any atom is -0.497 e. The van der Waals surface area contributed by atoms with Gasteiger partial charge in [0.25, 0.3) is 0 Å². The van der Waals surface area contributed by atoms with E-state index < -0.39 is 5.92 Å². The summed E-state index contributed by atoms with van der Waals surface area (Å²) >= 11 is 12.2. The van der Waals surface area contributed by atoms with Crippen molar-refractivity contribution in [3.8, 4) is 5.75 Å². The zero-order valence-electron chi connectivity index (χ0n) is 15.7. The minimum absolute atomic E-state index is 0.115. The van der Waals surface area contributed by atoms with E-state index in [-0.39, 0.29) is 17.9 Å². The van der Waals surface area contributed by atoms with Crippen LogP contribution in [0.5, 0.6) is 5.75 Å². The van der Waals surface area contributed by atoms with Gasteiger partial charge in [0.2, 0.25) is 11.8 Å². The van der Waals surface area contributed by atoms with Crippen LogP contribution < -0.4 is 15.0 Å². The van der Waals surface area contributed by atoms with Crippen LogP contribution in [0.25, 0.3) is 0 Å². The molecule has 0 aromatic heterocycles. The predicted octanol–water partition coefficient (Wildman–Crippen LogP) is 4.10. The molecule has 1 aliphatic rings. The van der Waals surface area contributed by atoms with Crippen molar-refractivity contribution in [1.82, 2.24) is 5.32 Å². The second-order valence-corrected chi connectivity index (χ2v) is 7.74. The molecule has 148 valence electrons. The number of rotatable bonds is 6. The average Bonchev–Trinajstić information content (AvgIpc) is 3.05. The van der Waals surface area contributed by atoms with Gasteiger partial charge in [-0.1, -0.05) is 35.3 Å². The van der Waals surface area contributed by atoms with Gasteiger partial charge in [0.05, 0.1) is 17.8 Å². The van der Waals surface area contributed by atoms with Crippen molar-refractivity contribution in [3.05, 3.63) is 58.1 Å². The summed E-state index contributed by atoms with van der Waals surface area (Å²) in [6, 6.07) is 12.6. The number of carbonyl (C=O) groups excluding carboxylic acids is 2. The lowest BCUT2D eigenvalue weighted by atomic mass is 10.0. The van der Waals surface area contributed by atoms with Crippen LogP contribution in [0.2, 0.25) is 10.0 Å². The Labute approximate surface area is 174 Å². The maximum Gasteiger partial charge on any atom is 0.239 e. The van der Waals surface area contributed by atoms with Crippen LogP contribution in [-0.2, 0) is 16.0 Å². The fourth-order valence-electron chi connectivity index (χ4n) is 3.40. The predicted molar refractivity (Wildman–Crippen MR) is 111 cm³/mol. The lowest BCUT2D eigenvalue weighted by Gasteiger charge is -2.20. The van der Waals surface area contributed by atoms with Crippen molar-refractivity contribution < 1.29 is 14.3 Å². The lowest BCUT2D eigenvalue weighted by molar-refractivity contribution is -0.132. The average molecular weight is 421 g/mol. The molecule has 2 unspecified atom stereocenters. The first-order chi connectivity index (χ1) is 13.4. The highest BCUT2D eigenvalue weighted by Crippen LogP contribution is 2.33. The van der Waals surface area contributed by atoms with Gasteiger partial charge in [0.1, 0.15) is 11.7 Å². The summed E-state index contributed by atoms with van der Waals surface area (Å²) < 4.78 is 5.23. The molecule has 28 heavy (non-hydrogen) atoms. The molecule has 1 fully saturated rings. The van der Waals surface area contributed by atoms with Gasteiger partial charge in [0.15, 0.2) is 0 Å². The molecule has 2 aromatic carbocycles. The highest BCUT2D eigenvalue weighted by Gasteiger charge is 2.38. The smallest absolute Gasteiger partial charge is 0.239 e. The fraction of sp³-hybridized carbons (Fsp3) is 0.333. The molecule has 2 atom stereocenters. The van der Waals surface area contributed by atoms with E-state index in [2.05, 4.69) is 5.32 Å². The van der Waals surface area contributed by atoms with Crippen LogP contribution in [0.3, 0.4) is 0 Å². The number of anilines is 1. The molecule has 0 saturated carbocycles. The van der Waals surface area contributed by atoms with E-state index in [4.69, 9.17) is 27.9 Å². The summed E-state index contributed by atoms with van der Waals surface area (Å²) in [4.78, 5) is 27.0. The van der Waals surface area contributed by atoms with E-state index in [9.17, 15) is 9.59 Å². The third kappa shape index (κ3) is 4.59. The number of methoxy groups -OCH3 is 1. The van der Waals surface area contributed by atoms with Gasteiger partial charge in [-0.05, 0) is 55.7 Å². The Morgan fingerprint density at radius 1 is 1.29 bits per heavy atom. The Balaban J connectivity index is 1.63. The molecule has 7 heteroatoms. The van der Waals surface area contributed by atoms with Crippen molar-refractivity contribution >= 4 is 40.7 Å². The number of nitrogens with zero attached hydrogens (tertiary/aromatic N) is 1. The zero-order valence-corrected chi connectivity index (χ0v) is 17.3. The molecule has 1 heterocycles. The number of carbonyl (C=O) groups is 2. The summed E-state index contributed by atoms with van der Waals surface area (Å²) in [5.74, 6) is -0.463. The van der Waals surface area contributed by atoms with Gasteiger partial charge >= 0.3 is 0 Å². The second kappa shape index (κ2) is 8.84. The molecule has 0 radical (unpaired) electrons. The van der Waals surface area contributed by atoms with Crippen molar-refractivity contribution in [2.45, 2.75) is 25.8 Å². The summed E-state index contributed by atoms with van der Waals surface area (Å²) in [6.45, 7) is 2.35. The molecule has 1 saturated heterocycles. The number of halogens is 2. The first kappa shape index (κ1) is 20.5. The SMILES string of the molecule is COc1cccc(CC(C)NC(=O)C2CCN(c3cc(Cl)ccc3Cl)C2=O)c1. The highest BCUT2D eigenvalue weighted by molar-refractivity contribution is 6.36. The number of benzene rings is 2. The normalized spacial score (nSPS) is 17.5. The Morgan fingerprint density at radius 3 is 2.82 bits per heavy atom. The number of hydrogen-bond donors (Lipinski definition) is 1. The molecular formula is C21H22Cl2N2O3. The Kier molecular flexibility index (Phi) is 6.47. The standard InChI is InChI=1S/C21H22Cl2N2O3/c1-13(10-14-4-3-5-16(11-14)28-2)24-20(26)17-8-9-25(21(17)27)19-12-15(22)6-7-18(19)23/h3-7,11-13,17H,8-10H2,1-2H3,(H,24,26). The van der Waals surface area contributed by atoms with Crippen molar-refractivity contribution in [3.63, 3.8) is 0 Å². The van der Waals surface area contributed by atoms with Gasteiger partial charge in [-0.25, -0.2) is 0 Å². The molecule has 0 spiro atoms. The van der Waals surface area contributed by atoms with Gasteiger partial charge in [-0.2, -0.15) is 0 Å². The molecule has 0 bridgehead atoms. The van der Waals surface area contributed by atoms with Crippen molar-refractivity contribution in [2.75, 3.05) is 18.6 Å². The fourth-order valence-corrected chi connectivity index (χ4v) is 3.79. The summed E-state index contributed by atoms with van der Waals surface area (Å²) in [5, 5.41) is 3.88. The number of ether oxygens (including phenoxy) is 1. The summed E-state index contributed by atoms with van der Waals surface area (Å²) in [7, 11) is 1.62. The maximum atomic E-state index is 12.8. The third-order valence-electron chi connectivity index (χ3n) is 4.79. The number of hydrogen-bond acceptors (Lipinski definition) is 3. The Morgan fingerprint density at radius 2 is 2.07 bits per heavy atom. The molecule has 0 aliphatic carbocycles. The van der Waals surface area contributed by atoms with Crippen LogP contribution in [0.4, 0.5) is 5.69 Å². The van der Waals surface area contributed by atoms with Gasteiger partial charge in [-0.15, -0.1) is 0 Å². The molecule has 1 aliphatic heterocycles. The minimum atomic E-state index is -0.720. The molecular weight excluding hydrogens is 399 g/mol. The maximum absolute atomic E-state index is 12.8. The van der Waals surface area contributed by atoms with Gasteiger partial charge in [0, 0.05) is 17.6 Å². The van der Waals surface area contributed by atoms with Crippen LogP contribution in [-0.4, -0.2) is 31.5 Å². The number of amides is 2. The van der Waals surface area contributed by atoms with Crippen molar-refractivity contribution in [1.29, 1.82) is 0 Å². The van der Waals surface area contributed by atoms with E-state index in [0.29, 0.717) is 35.1 Å². The van der Waals surface area contributed by atoms with E-state index in [0.717, 1.165) is 11.3 Å². The highest BCUT2D eigenvalue weighted by atomic mass is 35.5. The van der Waals surface area contributed by atoms with Crippen LogP contribution >= 0.6 is 23.2 Å². The lowest BCUT2D eigenvalue weighted by Crippen LogP contribution is -2.41. The van der Waals surface area contributed by atoms with Crippen LogP contribution in [0, 0.1) is 5.92 Å². The monoisotopic (exact) mass is 420 g/mol. The quantitative estimate of drug-likeness (QED) is 0.715. The first-order valence-electron chi connectivity index (χ1n) is 9.08. The van der Waals surface area contributed by atoms with E-state index >= 15 is 0 Å². The van der Waals surface area contributed by atoms with Gasteiger partial charge in [-0.3, -0.25) is 9.59 Å². The largest absolute Gasteiger partial charge is 0.497 e. The summed E-state index contributed by atoms with van der Waals surface area (Å²) in [5.41, 5.74) is 1.59. The first-order valence-corrected chi connectivity index (χ1v) is 9.84. The van der Waals surface area contributed by atoms with Crippen molar-refractivity contribution in [2.24, 2.45) is 5.92 Å². The van der Waals surface area contributed by atoms with Crippen LogP contribution in [0.15, 0.2) is 42.5 Å². The number of nitrogens with one attached hydrogen (secondary N) is 1. The molecule has 1 N–H and O–H groups in total. The van der Waals surface area contributed by atoms with E-state index in [1.807, 2.05) is 31.2 Å². The molecule has 2 aromatic rings. The molecule has 2 amide bonds. The second-order valence-electron chi connectivity index (χ2n) is 6.89. The van der Waals surface area contributed by atoms with E-state index in [1.165, 1.54) is 4.90 Å². The topological polar surface area (TPSA) is 58.6 Å². The third-order valence-corrected chi connectivity index (χ3v) is 5.34.